The van der Waals surface area contributed by atoms with Crippen LogP contribution in [-0.2, 0) is 4.74 Å². The lowest BCUT2D eigenvalue weighted by Crippen LogP contribution is -2.33. The Morgan fingerprint density at radius 3 is 2.88 bits per heavy atom. The highest BCUT2D eigenvalue weighted by molar-refractivity contribution is 5.00. The van der Waals surface area contributed by atoms with Gasteiger partial charge in [0.2, 0.25) is 0 Å². The fourth-order valence-electron chi connectivity index (χ4n) is 2.45. The van der Waals surface area contributed by atoms with Crippen molar-refractivity contribution in [1.29, 1.82) is 0 Å². The van der Waals surface area contributed by atoms with Crippen molar-refractivity contribution < 1.29 is 9.26 Å². The minimum Gasteiger partial charge on any atom is -0.366 e. The van der Waals surface area contributed by atoms with E-state index in [2.05, 4.69) is 15.5 Å². The highest BCUT2D eigenvalue weighted by atomic mass is 16.5. The third-order valence-electron chi connectivity index (χ3n) is 3.38. The monoisotopic (exact) mass is 223 g/mol. The first-order valence-electron chi connectivity index (χ1n) is 6.09. The highest BCUT2D eigenvalue weighted by Gasteiger charge is 2.26. The first kappa shape index (κ1) is 10.2. The van der Waals surface area contributed by atoms with E-state index in [0.29, 0.717) is 18.4 Å². The van der Waals surface area contributed by atoms with E-state index in [0.717, 1.165) is 18.9 Å². The van der Waals surface area contributed by atoms with E-state index in [1.165, 1.54) is 25.7 Å². The Balaban J connectivity index is 1.71. The maximum atomic E-state index is 5.58. The van der Waals surface area contributed by atoms with Crippen molar-refractivity contribution in [2.75, 3.05) is 19.7 Å². The van der Waals surface area contributed by atoms with Crippen LogP contribution >= 0.6 is 0 Å². The van der Waals surface area contributed by atoms with Crippen molar-refractivity contribution in [1.82, 2.24) is 15.5 Å². The number of nitrogens with zero attached hydrogens (tertiary/aromatic N) is 2. The lowest BCUT2D eigenvalue weighted by molar-refractivity contribution is 0.00755. The fraction of sp³-hybridized carbons (Fsp3) is 0.818. The number of rotatable bonds is 2. The Bertz CT molecular complexity index is 341. The molecular weight excluding hydrogens is 206 g/mol. The Morgan fingerprint density at radius 2 is 2.12 bits per heavy atom. The molecule has 0 aromatic carbocycles. The number of ether oxygens (including phenoxy) is 1. The van der Waals surface area contributed by atoms with Gasteiger partial charge in [-0.2, -0.15) is 4.98 Å². The van der Waals surface area contributed by atoms with E-state index in [1.54, 1.807) is 0 Å². The minimum absolute atomic E-state index is 0.0589. The second-order valence-corrected chi connectivity index (χ2v) is 4.54. The molecule has 3 rings (SSSR count). The van der Waals surface area contributed by atoms with Gasteiger partial charge in [0.15, 0.2) is 5.82 Å². The summed E-state index contributed by atoms with van der Waals surface area (Å²) in [4.78, 5) is 4.47. The smallest absolute Gasteiger partial charge is 0.257 e. The van der Waals surface area contributed by atoms with Crippen LogP contribution in [0, 0.1) is 0 Å². The van der Waals surface area contributed by atoms with Crippen molar-refractivity contribution >= 4 is 0 Å². The van der Waals surface area contributed by atoms with Crippen molar-refractivity contribution in [3.05, 3.63) is 11.7 Å². The molecule has 1 aliphatic carbocycles. The topological polar surface area (TPSA) is 60.2 Å². The predicted molar refractivity (Wildman–Crippen MR) is 57.1 cm³/mol. The molecule has 1 aliphatic heterocycles. The molecule has 1 aromatic heterocycles. The molecule has 2 fully saturated rings. The van der Waals surface area contributed by atoms with Gasteiger partial charge in [0.1, 0.15) is 6.10 Å². The van der Waals surface area contributed by atoms with Crippen molar-refractivity contribution in [3.63, 3.8) is 0 Å². The first-order chi connectivity index (χ1) is 7.93. The summed E-state index contributed by atoms with van der Waals surface area (Å²) in [7, 11) is 0. The van der Waals surface area contributed by atoms with Gasteiger partial charge >= 0.3 is 0 Å². The zero-order valence-electron chi connectivity index (χ0n) is 9.32. The minimum atomic E-state index is -0.0589. The van der Waals surface area contributed by atoms with Crippen LogP contribution in [0.3, 0.4) is 0 Å². The van der Waals surface area contributed by atoms with Crippen molar-refractivity contribution in [2.24, 2.45) is 0 Å². The van der Waals surface area contributed by atoms with Gasteiger partial charge in [-0.25, -0.2) is 0 Å². The van der Waals surface area contributed by atoms with Crippen LogP contribution in [0.15, 0.2) is 4.52 Å². The molecule has 5 nitrogen and oxygen atoms in total. The molecule has 1 atom stereocenters. The van der Waals surface area contributed by atoms with Gasteiger partial charge < -0.3 is 14.6 Å². The second kappa shape index (κ2) is 4.51. The lowest BCUT2D eigenvalue weighted by atomic mass is 10.1. The average molecular weight is 223 g/mol. The summed E-state index contributed by atoms with van der Waals surface area (Å²) in [6.07, 6.45) is 4.91. The van der Waals surface area contributed by atoms with Crippen LogP contribution in [0.4, 0.5) is 0 Å². The van der Waals surface area contributed by atoms with Gasteiger partial charge in [-0.3, -0.25) is 0 Å². The molecule has 1 saturated heterocycles. The number of hydrogen-bond donors (Lipinski definition) is 1. The Hall–Kier alpha value is -0.940. The third kappa shape index (κ3) is 1.97. The number of hydrogen-bond acceptors (Lipinski definition) is 5. The molecule has 16 heavy (non-hydrogen) atoms. The molecule has 0 spiro atoms. The van der Waals surface area contributed by atoms with E-state index in [1.807, 2.05) is 0 Å². The maximum Gasteiger partial charge on any atom is 0.257 e. The summed E-state index contributed by atoms with van der Waals surface area (Å²) in [5.74, 6) is 2.02. The molecule has 1 saturated carbocycles. The Labute approximate surface area is 94.6 Å². The molecule has 1 aromatic rings. The van der Waals surface area contributed by atoms with Crippen molar-refractivity contribution in [2.45, 2.75) is 37.7 Å². The molecule has 0 bridgehead atoms. The summed E-state index contributed by atoms with van der Waals surface area (Å²) in [5, 5.41) is 7.34. The molecule has 1 unspecified atom stereocenters. The lowest BCUT2D eigenvalue weighted by Gasteiger charge is -2.19. The van der Waals surface area contributed by atoms with Gasteiger partial charge in [0, 0.05) is 19.0 Å². The van der Waals surface area contributed by atoms with Crippen LogP contribution in [0.2, 0.25) is 0 Å². The van der Waals surface area contributed by atoms with E-state index in [4.69, 9.17) is 9.26 Å². The predicted octanol–water partition coefficient (Wildman–Crippen LogP) is 1.39. The first-order valence-corrected chi connectivity index (χ1v) is 6.09. The molecule has 2 aliphatic rings. The van der Waals surface area contributed by atoms with E-state index >= 15 is 0 Å². The average Bonchev–Trinajstić information content (AvgIpc) is 3.01. The van der Waals surface area contributed by atoms with Gasteiger partial charge in [-0.05, 0) is 12.8 Å². The zero-order chi connectivity index (χ0) is 10.8. The van der Waals surface area contributed by atoms with Gasteiger partial charge in [-0.1, -0.05) is 18.0 Å². The van der Waals surface area contributed by atoms with Gasteiger partial charge in [0.05, 0.1) is 6.61 Å². The van der Waals surface area contributed by atoms with E-state index in [-0.39, 0.29) is 6.10 Å². The van der Waals surface area contributed by atoms with Crippen molar-refractivity contribution in [3.8, 4) is 0 Å². The maximum absolute atomic E-state index is 5.58. The molecule has 88 valence electrons. The summed E-state index contributed by atoms with van der Waals surface area (Å²) in [6.45, 7) is 2.39. The summed E-state index contributed by atoms with van der Waals surface area (Å²) in [5.41, 5.74) is 0. The number of morpholine rings is 1. The molecule has 0 amide bonds. The van der Waals surface area contributed by atoms with Crippen LogP contribution in [0.5, 0.6) is 0 Å². The van der Waals surface area contributed by atoms with E-state index < -0.39 is 0 Å². The molecular formula is C11H17N3O2. The third-order valence-corrected chi connectivity index (χ3v) is 3.38. The molecule has 2 heterocycles. The summed E-state index contributed by atoms with van der Waals surface area (Å²) >= 11 is 0. The van der Waals surface area contributed by atoms with Gasteiger partial charge in [0.25, 0.3) is 5.89 Å². The second-order valence-electron chi connectivity index (χ2n) is 4.54. The van der Waals surface area contributed by atoms with Crippen LogP contribution in [-0.4, -0.2) is 29.8 Å². The summed E-state index contributed by atoms with van der Waals surface area (Å²) in [6, 6.07) is 0. The van der Waals surface area contributed by atoms with Crippen LogP contribution in [0.1, 0.15) is 49.4 Å². The quantitative estimate of drug-likeness (QED) is 0.821. The Morgan fingerprint density at radius 1 is 1.25 bits per heavy atom. The molecule has 5 heteroatoms. The zero-order valence-corrected chi connectivity index (χ0v) is 9.32. The van der Waals surface area contributed by atoms with Crippen LogP contribution < -0.4 is 5.32 Å². The van der Waals surface area contributed by atoms with E-state index in [9.17, 15) is 0 Å². The standard InChI is InChI=1S/C11H17N3O2/c1-2-4-8(3-1)10-13-11(16-14-10)9-7-12-5-6-15-9/h8-9,12H,1-7H2. The van der Waals surface area contributed by atoms with Crippen LogP contribution in [0.25, 0.3) is 0 Å². The highest BCUT2D eigenvalue weighted by Crippen LogP contribution is 2.32. The number of nitrogens with one attached hydrogen (secondary N) is 1. The molecule has 1 N–H and O–H groups in total. The number of aromatic nitrogens is 2. The fourth-order valence-corrected chi connectivity index (χ4v) is 2.45. The van der Waals surface area contributed by atoms with Gasteiger partial charge in [-0.15, -0.1) is 0 Å². The molecule has 0 radical (unpaired) electrons. The normalized spacial score (nSPS) is 27.4. The summed E-state index contributed by atoms with van der Waals surface area (Å²) < 4.78 is 10.9. The Kier molecular flexibility index (Phi) is 2.88. The SMILES string of the molecule is C1CCC(c2noc(C3CNCCO3)n2)C1. The largest absolute Gasteiger partial charge is 0.366 e.